The van der Waals surface area contributed by atoms with E-state index in [9.17, 15) is 24.0 Å². The molecule has 1 atom stereocenters. The van der Waals surface area contributed by atoms with Gasteiger partial charge in [-0.3, -0.25) is 24.0 Å². The van der Waals surface area contributed by atoms with Crippen LogP contribution in [0.25, 0.3) is 6.08 Å². The molecule has 3 N–H and O–H groups in total. The number of halogens is 1. The van der Waals surface area contributed by atoms with E-state index < -0.39 is 17.1 Å². The summed E-state index contributed by atoms with van der Waals surface area (Å²) in [4.78, 5) is 67.5. The number of benzene rings is 5. The highest BCUT2D eigenvalue weighted by atomic mass is 79.9. The van der Waals surface area contributed by atoms with E-state index in [2.05, 4.69) is 31.9 Å². The molecule has 0 aromatic heterocycles. The highest BCUT2D eigenvalue weighted by molar-refractivity contribution is 9.10. The Morgan fingerprint density at radius 3 is 2.12 bits per heavy atom. The summed E-state index contributed by atoms with van der Waals surface area (Å²) in [6.07, 6.45) is 2.06. The predicted molar refractivity (Wildman–Crippen MR) is 199 cm³/mol. The Hall–Kier alpha value is -5.58. The molecular formula is C40H30BrN3O5S. The van der Waals surface area contributed by atoms with E-state index >= 15 is 0 Å². The van der Waals surface area contributed by atoms with E-state index in [1.54, 1.807) is 97.1 Å². The normalized spacial score (nSPS) is 12.7. The molecule has 0 spiro atoms. The first kappa shape index (κ1) is 34.3. The smallest absolute Gasteiger partial charge is 0.272 e. The molecule has 0 fully saturated rings. The monoisotopic (exact) mass is 743 g/mol. The summed E-state index contributed by atoms with van der Waals surface area (Å²) in [5, 5.41) is 7.94. The first-order valence-electron chi connectivity index (χ1n) is 15.8. The van der Waals surface area contributed by atoms with Gasteiger partial charge >= 0.3 is 0 Å². The SMILES string of the molecule is CCC(Sc1cccc(NC(=O)/C(=C\c2ccc(Br)cc2)NC(=O)c2ccccc2)c1)C(=O)Nc1cccc2c1C(=O)c1ccccc1C2=O. The van der Waals surface area contributed by atoms with Crippen molar-refractivity contribution in [2.24, 2.45) is 0 Å². The molecule has 1 aliphatic rings. The van der Waals surface area contributed by atoms with Gasteiger partial charge in [0.2, 0.25) is 5.91 Å². The van der Waals surface area contributed by atoms with Gasteiger partial charge in [-0.2, -0.15) is 0 Å². The highest BCUT2D eigenvalue weighted by Crippen LogP contribution is 2.34. The van der Waals surface area contributed by atoms with E-state index in [4.69, 9.17) is 0 Å². The van der Waals surface area contributed by atoms with E-state index in [1.165, 1.54) is 11.8 Å². The van der Waals surface area contributed by atoms with Gasteiger partial charge < -0.3 is 16.0 Å². The Balaban J connectivity index is 1.18. The fourth-order valence-corrected chi connectivity index (χ4v) is 6.74. The van der Waals surface area contributed by atoms with Crippen LogP contribution in [0.1, 0.15) is 61.1 Å². The van der Waals surface area contributed by atoms with Crippen molar-refractivity contribution in [3.63, 3.8) is 0 Å². The zero-order chi connectivity index (χ0) is 35.2. The number of fused-ring (bicyclic) bond motifs is 2. The average molecular weight is 745 g/mol. The molecule has 248 valence electrons. The first-order valence-corrected chi connectivity index (χ1v) is 17.4. The van der Waals surface area contributed by atoms with Crippen molar-refractivity contribution < 1.29 is 24.0 Å². The van der Waals surface area contributed by atoms with Gasteiger partial charge in [-0.25, -0.2) is 0 Å². The van der Waals surface area contributed by atoms with E-state index in [0.29, 0.717) is 39.3 Å². The number of rotatable bonds is 10. The lowest BCUT2D eigenvalue weighted by molar-refractivity contribution is -0.116. The third-order valence-electron chi connectivity index (χ3n) is 7.95. The Kier molecular flexibility index (Phi) is 10.5. The van der Waals surface area contributed by atoms with Gasteiger partial charge in [0.15, 0.2) is 11.6 Å². The number of amides is 3. The van der Waals surface area contributed by atoms with Crippen LogP contribution in [0, 0.1) is 0 Å². The lowest BCUT2D eigenvalue weighted by Gasteiger charge is -2.21. The number of hydrogen-bond acceptors (Lipinski definition) is 6. The van der Waals surface area contributed by atoms with Crippen LogP contribution >= 0.6 is 27.7 Å². The maximum atomic E-state index is 13.6. The van der Waals surface area contributed by atoms with Crippen LogP contribution in [0.5, 0.6) is 0 Å². The minimum atomic E-state index is -0.559. The fourth-order valence-electron chi connectivity index (χ4n) is 5.46. The number of nitrogens with one attached hydrogen (secondary N) is 3. The number of thioether (sulfide) groups is 1. The lowest BCUT2D eigenvalue weighted by atomic mass is 9.83. The van der Waals surface area contributed by atoms with Crippen LogP contribution in [0.15, 0.2) is 136 Å². The van der Waals surface area contributed by atoms with Crippen LogP contribution in [0.2, 0.25) is 0 Å². The molecule has 8 nitrogen and oxygen atoms in total. The van der Waals surface area contributed by atoms with E-state index in [-0.39, 0.29) is 40.0 Å². The summed E-state index contributed by atoms with van der Waals surface area (Å²) in [5.41, 5.74) is 2.99. The zero-order valence-corrected chi connectivity index (χ0v) is 29.1. The van der Waals surface area contributed by atoms with Crippen LogP contribution in [0.3, 0.4) is 0 Å². The molecule has 0 heterocycles. The van der Waals surface area contributed by atoms with Gasteiger partial charge in [-0.05, 0) is 66.6 Å². The highest BCUT2D eigenvalue weighted by Gasteiger charge is 2.32. The maximum Gasteiger partial charge on any atom is 0.272 e. The van der Waals surface area contributed by atoms with Crippen molar-refractivity contribution in [1.29, 1.82) is 0 Å². The van der Waals surface area contributed by atoms with Gasteiger partial charge in [0.05, 0.1) is 16.5 Å². The summed E-state index contributed by atoms with van der Waals surface area (Å²) in [6, 6.07) is 34.5. The Labute approximate surface area is 301 Å². The molecule has 1 aliphatic carbocycles. The summed E-state index contributed by atoms with van der Waals surface area (Å²) < 4.78 is 0.875. The number of hydrogen-bond donors (Lipinski definition) is 3. The van der Waals surface area contributed by atoms with Gasteiger partial charge in [-0.15, -0.1) is 11.8 Å². The molecule has 1 unspecified atom stereocenters. The van der Waals surface area contributed by atoms with Crippen molar-refractivity contribution in [3.8, 4) is 0 Å². The van der Waals surface area contributed by atoms with Crippen LogP contribution in [-0.4, -0.2) is 34.5 Å². The first-order chi connectivity index (χ1) is 24.2. The molecule has 0 saturated carbocycles. The van der Waals surface area contributed by atoms with Gasteiger partial charge in [-0.1, -0.05) is 95.7 Å². The van der Waals surface area contributed by atoms with Crippen LogP contribution in [-0.2, 0) is 9.59 Å². The molecule has 5 aromatic carbocycles. The quantitative estimate of drug-likeness (QED) is 0.0963. The van der Waals surface area contributed by atoms with Crippen LogP contribution < -0.4 is 16.0 Å². The van der Waals surface area contributed by atoms with Crippen molar-refractivity contribution in [1.82, 2.24) is 5.32 Å². The van der Waals surface area contributed by atoms with E-state index in [0.717, 1.165) is 4.47 Å². The van der Waals surface area contributed by atoms with Crippen molar-refractivity contribution in [2.75, 3.05) is 10.6 Å². The second-order valence-electron chi connectivity index (χ2n) is 11.3. The number of carbonyl (C=O) groups excluding carboxylic acids is 5. The second-order valence-corrected chi connectivity index (χ2v) is 13.5. The molecule has 3 amide bonds. The Morgan fingerprint density at radius 2 is 1.40 bits per heavy atom. The molecule has 0 saturated heterocycles. The minimum Gasteiger partial charge on any atom is -0.324 e. The van der Waals surface area contributed by atoms with Crippen molar-refractivity contribution in [3.05, 3.63) is 165 Å². The largest absolute Gasteiger partial charge is 0.324 e. The molecule has 0 aliphatic heterocycles. The number of anilines is 2. The molecular weight excluding hydrogens is 714 g/mol. The third-order valence-corrected chi connectivity index (χ3v) is 9.84. The molecule has 0 bridgehead atoms. The fraction of sp³-hybridized carbons (Fsp3) is 0.0750. The minimum absolute atomic E-state index is 0.0480. The van der Waals surface area contributed by atoms with Gasteiger partial charge in [0.25, 0.3) is 11.8 Å². The number of ketones is 2. The molecule has 0 radical (unpaired) electrons. The standard InChI is InChI=1S/C40H30BrN3O5S/c1-2-34(40(49)43-32-17-9-16-31-35(32)37(46)30-15-7-6-14-29(30)36(31)45)50-28-13-8-12-27(23-28)42-39(48)33(22-24-18-20-26(41)21-19-24)44-38(47)25-10-4-3-5-11-25/h3-23,34H,2H2,1H3,(H,42,48)(H,43,49)(H,44,47)/b33-22+. The molecule has 50 heavy (non-hydrogen) atoms. The summed E-state index contributed by atoms with van der Waals surface area (Å²) >= 11 is 4.71. The van der Waals surface area contributed by atoms with Crippen LogP contribution in [0.4, 0.5) is 11.4 Å². The lowest BCUT2D eigenvalue weighted by Crippen LogP contribution is -2.30. The summed E-state index contributed by atoms with van der Waals surface area (Å²) in [7, 11) is 0. The second kappa shape index (κ2) is 15.3. The van der Waals surface area contributed by atoms with Crippen molar-refractivity contribution >= 4 is 74.4 Å². The topological polar surface area (TPSA) is 121 Å². The summed E-state index contributed by atoms with van der Waals surface area (Å²) in [5.74, 6) is -1.87. The zero-order valence-electron chi connectivity index (χ0n) is 26.7. The summed E-state index contributed by atoms with van der Waals surface area (Å²) in [6.45, 7) is 1.88. The van der Waals surface area contributed by atoms with E-state index in [1.807, 2.05) is 37.3 Å². The van der Waals surface area contributed by atoms with Crippen molar-refractivity contribution in [2.45, 2.75) is 23.5 Å². The third kappa shape index (κ3) is 7.67. The average Bonchev–Trinajstić information content (AvgIpc) is 3.13. The number of carbonyl (C=O) groups is 5. The Bertz CT molecular complexity index is 2170. The predicted octanol–water partition coefficient (Wildman–Crippen LogP) is 8.14. The molecule has 6 rings (SSSR count). The Morgan fingerprint density at radius 1 is 0.740 bits per heavy atom. The van der Waals surface area contributed by atoms with Gasteiger partial charge in [0.1, 0.15) is 5.70 Å². The maximum absolute atomic E-state index is 13.6. The molecule has 5 aromatic rings. The molecule has 10 heteroatoms. The van der Waals surface area contributed by atoms with Gasteiger partial charge in [0, 0.05) is 37.3 Å².